The molecular formula is C18H13ClF3N3. The van der Waals surface area contributed by atoms with Gasteiger partial charge in [0.05, 0.1) is 11.3 Å². The minimum atomic E-state index is -4.36. The van der Waals surface area contributed by atoms with Crippen molar-refractivity contribution < 1.29 is 13.2 Å². The van der Waals surface area contributed by atoms with Crippen LogP contribution in [-0.4, -0.2) is 9.97 Å². The normalized spacial score (nSPS) is 11.4. The first-order valence-electron chi connectivity index (χ1n) is 7.36. The molecule has 1 heterocycles. The maximum Gasteiger partial charge on any atom is 0.416 e. The van der Waals surface area contributed by atoms with Crippen LogP contribution >= 0.6 is 11.6 Å². The van der Waals surface area contributed by atoms with Crippen LogP contribution in [0.1, 0.15) is 11.1 Å². The summed E-state index contributed by atoms with van der Waals surface area (Å²) in [5, 5.41) is 3.73. The third-order valence-corrected chi connectivity index (χ3v) is 3.87. The Kier molecular flexibility index (Phi) is 4.63. The number of anilines is 2. The quantitative estimate of drug-likeness (QED) is 0.632. The van der Waals surface area contributed by atoms with Gasteiger partial charge in [-0.05, 0) is 36.8 Å². The van der Waals surface area contributed by atoms with E-state index in [4.69, 9.17) is 11.6 Å². The number of hydrogen-bond donors (Lipinski definition) is 1. The summed E-state index contributed by atoms with van der Waals surface area (Å²) in [5.41, 5.74) is 2.18. The summed E-state index contributed by atoms with van der Waals surface area (Å²) in [6, 6.07) is 12.0. The second kappa shape index (κ2) is 6.72. The van der Waals surface area contributed by atoms with Gasteiger partial charge in [0.25, 0.3) is 0 Å². The summed E-state index contributed by atoms with van der Waals surface area (Å²) in [6.45, 7) is 1.93. The molecule has 2 aromatic carbocycles. The molecule has 0 amide bonds. The van der Waals surface area contributed by atoms with Crippen LogP contribution in [0.5, 0.6) is 0 Å². The average Bonchev–Trinajstić information content (AvgIpc) is 2.58. The molecule has 0 aliphatic rings. The predicted molar refractivity (Wildman–Crippen MR) is 91.9 cm³/mol. The molecule has 0 unspecified atom stereocenters. The second-order valence-electron chi connectivity index (χ2n) is 5.45. The van der Waals surface area contributed by atoms with Crippen molar-refractivity contribution in [2.24, 2.45) is 0 Å². The number of aromatic nitrogens is 2. The molecule has 128 valence electrons. The predicted octanol–water partition coefficient (Wildman–Crippen LogP) is 5.87. The summed E-state index contributed by atoms with van der Waals surface area (Å²) in [4.78, 5) is 8.27. The van der Waals surface area contributed by atoms with Crippen LogP contribution in [-0.2, 0) is 6.18 Å². The molecule has 3 nitrogen and oxygen atoms in total. The van der Waals surface area contributed by atoms with Gasteiger partial charge in [0.2, 0.25) is 0 Å². The maximum atomic E-state index is 12.7. The summed E-state index contributed by atoms with van der Waals surface area (Å²) in [6.07, 6.45) is -3.00. The number of hydrogen-bond acceptors (Lipinski definition) is 3. The van der Waals surface area contributed by atoms with E-state index in [2.05, 4.69) is 15.3 Å². The van der Waals surface area contributed by atoms with Gasteiger partial charge in [-0.25, -0.2) is 9.97 Å². The number of rotatable bonds is 3. The largest absolute Gasteiger partial charge is 0.416 e. The van der Waals surface area contributed by atoms with Gasteiger partial charge >= 0.3 is 6.18 Å². The number of halogens is 4. The molecule has 0 atom stereocenters. The highest BCUT2D eigenvalue weighted by molar-refractivity contribution is 6.30. The van der Waals surface area contributed by atoms with Gasteiger partial charge in [-0.15, -0.1) is 0 Å². The fourth-order valence-electron chi connectivity index (χ4n) is 2.28. The Balaban J connectivity index is 1.88. The third kappa shape index (κ3) is 4.09. The minimum absolute atomic E-state index is 0.519. The van der Waals surface area contributed by atoms with Crippen LogP contribution in [0.15, 0.2) is 54.9 Å². The van der Waals surface area contributed by atoms with Crippen molar-refractivity contribution in [2.75, 3.05) is 5.32 Å². The molecule has 0 radical (unpaired) electrons. The molecule has 1 N–H and O–H groups in total. The van der Waals surface area contributed by atoms with Crippen molar-refractivity contribution in [1.29, 1.82) is 0 Å². The monoisotopic (exact) mass is 363 g/mol. The maximum absolute atomic E-state index is 12.7. The fraction of sp³-hybridized carbons (Fsp3) is 0.111. The molecular weight excluding hydrogens is 351 g/mol. The van der Waals surface area contributed by atoms with Gasteiger partial charge in [0, 0.05) is 22.3 Å². The Labute approximate surface area is 147 Å². The van der Waals surface area contributed by atoms with Crippen molar-refractivity contribution >= 4 is 23.1 Å². The van der Waals surface area contributed by atoms with E-state index in [-0.39, 0.29) is 0 Å². The van der Waals surface area contributed by atoms with E-state index in [1.807, 2.05) is 13.0 Å². The second-order valence-corrected chi connectivity index (χ2v) is 5.88. The van der Waals surface area contributed by atoms with Crippen molar-refractivity contribution in [3.8, 4) is 11.3 Å². The number of nitrogens with zero attached hydrogens (tertiary/aromatic N) is 2. The van der Waals surface area contributed by atoms with E-state index < -0.39 is 11.7 Å². The van der Waals surface area contributed by atoms with Crippen molar-refractivity contribution in [3.63, 3.8) is 0 Å². The SMILES string of the molecule is Cc1ccc(Cl)cc1Nc1cc(-c2ccc(C(F)(F)F)cc2)ncn1. The summed E-state index contributed by atoms with van der Waals surface area (Å²) in [7, 11) is 0. The van der Waals surface area contributed by atoms with Crippen molar-refractivity contribution in [3.05, 3.63) is 71.0 Å². The molecule has 3 rings (SSSR count). The Hall–Kier alpha value is -2.60. The zero-order valence-electron chi connectivity index (χ0n) is 13.1. The van der Waals surface area contributed by atoms with Crippen LogP contribution in [0.4, 0.5) is 24.7 Å². The zero-order valence-corrected chi connectivity index (χ0v) is 13.9. The number of alkyl halides is 3. The van der Waals surface area contributed by atoms with Crippen molar-refractivity contribution in [2.45, 2.75) is 13.1 Å². The molecule has 25 heavy (non-hydrogen) atoms. The Bertz CT molecular complexity index is 893. The van der Waals surface area contributed by atoms with Gasteiger partial charge in [-0.3, -0.25) is 0 Å². The van der Waals surface area contributed by atoms with Gasteiger partial charge in [0.15, 0.2) is 0 Å². The summed E-state index contributed by atoms with van der Waals surface area (Å²) >= 11 is 6.00. The van der Waals surface area contributed by atoms with E-state index in [1.165, 1.54) is 18.5 Å². The van der Waals surface area contributed by atoms with E-state index in [1.54, 1.807) is 18.2 Å². The Morgan fingerprint density at radius 3 is 2.36 bits per heavy atom. The number of aryl methyl sites for hydroxylation is 1. The van der Waals surface area contributed by atoms with Crippen molar-refractivity contribution in [1.82, 2.24) is 9.97 Å². The first-order chi connectivity index (χ1) is 11.8. The zero-order chi connectivity index (χ0) is 18.0. The lowest BCUT2D eigenvalue weighted by molar-refractivity contribution is -0.137. The summed E-state index contributed by atoms with van der Waals surface area (Å²) in [5.74, 6) is 0.523. The average molecular weight is 364 g/mol. The highest BCUT2D eigenvalue weighted by atomic mass is 35.5. The van der Waals surface area contributed by atoms with Gasteiger partial charge in [-0.1, -0.05) is 29.8 Å². The molecule has 0 spiro atoms. The molecule has 0 bridgehead atoms. The third-order valence-electron chi connectivity index (χ3n) is 3.64. The highest BCUT2D eigenvalue weighted by Gasteiger charge is 2.30. The number of nitrogens with one attached hydrogen (secondary N) is 1. The fourth-order valence-corrected chi connectivity index (χ4v) is 2.45. The van der Waals surface area contributed by atoms with Gasteiger partial charge in [0.1, 0.15) is 12.1 Å². The van der Waals surface area contributed by atoms with Crippen LogP contribution in [0.3, 0.4) is 0 Å². The van der Waals surface area contributed by atoms with Crippen LogP contribution in [0.2, 0.25) is 5.02 Å². The number of benzene rings is 2. The van der Waals surface area contributed by atoms with E-state index in [0.29, 0.717) is 22.1 Å². The van der Waals surface area contributed by atoms with Gasteiger partial charge < -0.3 is 5.32 Å². The first kappa shape index (κ1) is 17.2. The van der Waals surface area contributed by atoms with E-state index in [9.17, 15) is 13.2 Å². The van der Waals surface area contributed by atoms with Crippen LogP contribution < -0.4 is 5.32 Å². The van der Waals surface area contributed by atoms with Crippen LogP contribution in [0.25, 0.3) is 11.3 Å². The molecule has 0 saturated carbocycles. The van der Waals surface area contributed by atoms with E-state index in [0.717, 1.165) is 23.4 Å². The summed E-state index contributed by atoms with van der Waals surface area (Å²) < 4.78 is 38.0. The van der Waals surface area contributed by atoms with Gasteiger partial charge in [-0.2, -0.15) is 13.2 Å². The topological polar surface area (TPSA) is 37.8 Å². The van der Waals surface area contributed by atoms with Crippen LogP contribution in [0, 0.1) is 6.92 Å². The van der Waals surface area contributed by atoms with E-state index >= 15 is 0 Å². The highest BCUT2D eigenvalue weighted by Crippen LogP contribution is 2.31. The lowest BCUT2D eigenvalue weighted by Gasteiger charge is -2.11. The Morgan fingerprint density at radius 2 is 1.68 bits per heavy atom. The first-order valence-corrected chi connectivity index (χ1v) is 7.73. The molecule has 0 saturated heterocycles. The lowest BCUT2D eigenvalue weighted by Crippen LogP contribution is -2.04. The Morgan fingerprint density at radius 1 is 0.960 bits per heavy atom. The molecule has 0 aliphatic carbocycles. The lowest BCUT2D eigenvalue weighted by atomic mass is 10.1. The molecule has 1 aromatic heterocycles. The minimum Gasteiger partial charge on any atom is -0.340 e. The molecule has 0 fully saturated rings. The molecule has 3 aromatic rings. The smallest absolute Gasteiger partial charge is 0.340 e. The standard InChI is InChI=1S/C18H13ClF3N3/c1-11-2-7-14(19)8-15(11)25-17-9-16(23-10-24-17)12-3-5-13(6-4-12)18(20,21)22/h2-10H,1H3,(H,23,24,25). The molecule has 7 heteroatoms. The molecule has 0 aliphatic heterocycles.